The summed E-state index contributed by atoms with van der Waals surface area (Å²) in [6.45, 7) is 8.42. The van der Waals surface area contributed by atoms with Crippen molar-refractivity contribution in [3.05, 3.63) is 11.6 Å². The molecule has 2 rings (SSSR count). The number of aliphatic imine (C=N–C) groups is 1. The van der Waals surface area contributed by atoms with Gasteiger partial charge in [0.25, 0.3) is 0 Å². The molecule has 0 bridgehead atoms. The summed E-state index contributed by atoms with van der Waals surface area (Å²) in [6, 6.07) is -0.0372. The first-order chi connectivity index (χ1) is 8.40. The minimum atomic E-state index is -0.174. The van der Waals surface area contributed by atoms with Gasteiger partial charge >= 0.3 is 6.03 Å². The highest BCUT2D eigenvalue weighted by atomic mass is 16.2. The third-order valence-corrected chi connectivity index (χ3v) is 3.88. The van der Waals surface area contributed by atoms with E-state index >= 15 is 0 Å². The zero-order valence-electron chi connectivity index (χ0n) is 11.7. The van der Waals surface area contributed by atoms with Crippen molar-refractivity contribution in [2.75, 3.05) is 0 Å². The van der Waals surface area contributed by atoms with Gasteiger partial charge in [-0.15, -0.1) is 0 Å². The van der Waals surface area contributed by atoms with Crippen LogP contribution in [0.2, 0.25) is 0 Å². The molecule has 2 N–H and O–H groups in total. The molecule has 100 valence electrons. The molecule has 2 amide bonds. The van der Waals surface area contributed by atoms with Crippen molar-refractivity contribution in [3.8, 4) is 0 Å². The van der Waals surface area contributed by atoms with Crippen LogP contribution >= 0.6 is 0 Å². The second-order valence-electron chi connectivity index (χ2n) is 5.96. The molecule has 0 spiro atoms. The molecule has 0 radical (unpaired) electrons. The molecule has 0 aromatic rings. The molecule has 1 heterocycles. The van der Waals surface area contributed by atoms with Crippen molar-refractivity contribution in [1.82, 2.24) is 4.90 Å². The maximum Gasteiger partial charge on any atom is 0.346 e. The zero-order valence-corrected chi connectivity index (χ0v) is 11.7. The number of hydrogen-bond acceptors (Lipinski definition) is 2. The molecular formula is C14H23N3O. The fourth-order valence-corrected chi connectivity index (χ4v) is 3.34. The van der Waals surface area contributed by atoms with E-state index in [-0.39, 0.29) is 18.1 Å². The molecule has 1 aliphatic heterocycles. The fraction of sp³-hybridized carbons (Fsp3) is 0.714. The Balaban J connectivity index is 2.24. The molecule has 3 atom stereocenters. The standard InChI is InChI=1S/C14H23N3O/c1-8(2)17-12(13(15)16-14(17)18)11-6-9(3)5-10(4)7-11/h5,8-9,11-12H,6-7H2,1-4H3,(H2,15,16,18). The van der Waals surface area contributed by atoms with Gasteiger partial charge in [-0.05, 0) is 45.4 Å². The highest BCUT2D eigenvalue weighted by molar-refractivity contribution is 6.03. The SMILES string of the molecule is CC1=CC(C)CC(C2C(N)=NC(=O)N2C(C)C)C1. The Kier molecular flexibility index (Phi) is 3.46. The van der Waals surface area contributed by atoms with Crippen LogP contribution in [0.4, 0.5) is 4.79 Å². The highest BCUT2D eigenvalue weighted by Gasteiger charge is 2.41. The van der Waals surface area contributed by atoms with Gasteiger partial charge in [0.15, 0.2) is 0 Å². The summed E-state index contributed by atoms with van der Waals surface area (Å²) in [5, 5.41) is 0. The predicted octanol–water partition coefficient (Wildman–Crippen LogP) is 2.55. The van der Waals surface area contributed by atoms with Crippen LogP contribution in [-0.2, 0) is 0 Å². The number of carbonyl (C=O) groups is 1. The van der Waals surface area contributed by atoms with E-state index in [9.17, 15) is 4.79 Å². The third-order valence-electron chi connectivity index (χ3n) is 3.88. The summed E-state index contributed by atoms with van der Waals surface area (Å²) in [4.78, 5) is 17.7. The summed E-state index contributed by atoms with van der Waals surface area (Å²) >= 11 is 0. The predicted molar refractivity (Wildman–Crippen MR) is 73.4 cm³/mol. The van der Waals surface area contributed by atoms with Crippen LogP contribution < -0.4 is 5.73 Å². The van der Waals surface area contributed by atoms with Gasteiger partial charge in [0.1, 0.15) is 5.84 Å². The Morgan fingerprint density at radius 3 is 2.72 bits per heavy atom. The van der Waals surface area contributed by atoms with E-state index in [1.54, 1.807) is 0 Å². The second kappa shape index (κ2) is 4.75. The molecule has 3 unspecified atom stereocenters. The number of amides is 2. The monoisotopic (exact) mass is 249 g/mol. The molecule has 0 fully saturated rings. The van der Waals surface area contributed by atoms with E-state index in [1.165, 1.54) is 5.57 Å². The van der Waals surface area contributed by atoms with Crippen molar-refractivity contribution < 1.29 is 4.79 Å². The van der Waals surface area contributed by atoms with E-state index in [0.29, 0.717) is 17.7 Å². The Morgan fingerprint density at radius 1 is 1.50 bits per heavy atom. The molecule has 0 aromatic heterocycles. The van der Waals surface area contributed by atoms with Crippen LogP contribution in [0.3, 0.4) is 0 Å². The van der Waals surface area contributed by atoms with E-state index in [0.717, 1.165) is 12.8 Å². The van der Waals surface area contributed by atoms with Crippen LogP contribution in [0.1, 0.15) is 40.5 Å². The quantitative estimate of drug-likeness (QED) is 0.765. The fourth-order valence-electron chi connectivity index (χ4n) is 3.34. The summed E-state index contributed by atoms with van der Waals surface area (Å²) in [5.41, 5.74) is 7.39. The lowest BCUT2D eigenvalue weighted by atomic mass is 9.78. The lowest BCUT2D eigenvalue weighted by molar-refractivity contribution is 0.161. The van der Waals surface area contributed by atoms with Crippen LogP contribution in [0, 0.1) is 11.8 Å². The maximum absolute atomic E-state index is 11.9. The number of nitrogens with zero attached hydrogens (tertiary/aromatic N) is 2. The Morgan fingerprint density at radius 2 is 2.17 bits per heavy atom. The number of allylic oxidation sites excluding steroid dienone is 2. The van der Waals surface area contributed by atoms with Crippen molar-refractivity contribution in [1.29, 1.82) is 0 Å². The number of nitrogens with two attached hydrogens (primary N) is 1. The molecule has 0 aromatic carbocycles. The lowest BCUT2D eigenvalue weighted by Crippen LogP contribution is -2.49. The molecule has 4 nitrogen and oxygen atoms in total. The topological polar surface area (TPSA) is 58.7 Å². The van der Waals surface area contributed by atoms with Crippen molar-refractivity contribution >= 4 is 11.9 Å². The number of rotatable bonds is 2. The van der Waals surface area contributed by atoms with E-state index in [1.807, 2.05) is 18.7 Å². The van der Waals surface area contributed by atoms with Crippen LogP contribution in [-0.4, -0.2) is 28.9 Å². The van der Waals surface area contributed by atoms with Gasteiger partial charge in [-0.3, -0.25) is 0 Å². The summed E-state index contributed by atoms with van der Waals surface area (Å²) in [6.07, 6.45) is 4.41. The van der Waals surface area contributed by atoms with E-state index in [2.05, 4.69) is 24.9 Å². The summed E-state index contributed by atoms with van der Waals surface area (Å²) < 4.78 is 0. The van der Waals surface area contributed by atoms with Crippen LogP contribution in [0.5, 0.6) is 0 Å². The average Bonchev–Trinajstić information content (AvgIpc) is 2.51. The molecule has 4 heteroatoms. The Labute approximate surface area is 109 Å². The molecular weight excluding hydrogens is 226 g/mol. The third kappa shape index (κ3) is 2.28. The second-order valence-corrected chi connectivity index (χ2v) is 5.96. The van der Waals surface area contributed by atoms with Crippen molar-refractivity contribution in [3.63, 3.8) is 0 Å². The van der Waals surface area contributed by atoms with Gasteiger partial charge < -0.3 is 10.6 Å². The van der Waals surface area contributed by atoms with Crippen LogP contribution in [0.25, 0.3) is 0 Å². The van der Waals surface area contributed by atoms with Gasteiger partial charge in [-0.1, -0.05) is 18.6 Å². The van der Waals surface area contributed by atoms with Crippen molar-refractivity contribution in [2.24, 2.45) is 22.6 Å². The Hall–Kier alpha value is -1.32. The molecule has 0 saturated carbocycles. The number of urea groups is 1. The molecule has 0 saturated heterocycles. The van der Waals surface area contributed by atoms with Gasteiger partial charge in [0.05, 0.1) is 6.04 Å². The first-order valence-corrected chi connectivity index (χ1v) is 6.73. The van der Waals surface area contributed by atoms with Crippen molar-refractivity contribution in [2.45, 2.75) is 52.6 Å². The normalized spacial score (nSPS) is 32.8. The lowest BCUT2D eigenvalue weighted by Gasteiger charge is -2.36. The molecule has 1 aliphatic carbocycles. The smallest absolute Gasteiger partial charge is 0.346 e. The highest BCUT2D eigenvalue weighted by Crippen LogP contribution is 2.34. The average molecular weight is 249 g/mol. The van der Waals surface area contributed by atoms with Gasteiger partial charge in [-0.2, -0.15) is 4.99 Å². The number of amidine groups is 1. The largest absolute Gasteiger partial charge is 0.385 e. The minimum Gasteiger partial charge on any atom is -0.385 e. The summed E-state index contributed by atoms with van der Waals surface area (Å²) in [5.74, 6) is 1.46. The first kappa shape index (κ1) is 13.1. The van der Waals surface area contributed by atoms with E-state index in [4.69, 9.17) is 5.73 Å². The molecule has 18 heavy (non-hydrogen) atoms. The molecule has 2 aliphatic rings. The summed E-state index contributed by atoms with van der Waals surface area (Å²) in [7, 11) is 0. The van der Waals surface area contributed by atoms with Gasteiger partial charge in [0, 0.05) is 6.04 Å². The van der Waals surface area contributed by atoms with E-state index < -0.39 is 0 Å². The van der Waals surface area contributed by atoms with Gasteiger partial charge in [0.2, 0.25) is 0 Å². The number of carbonyl (C=O) groups excluding carboxylic acids is 1. The number of hydrogen-bond donors (Lipinski definition) is 1. The first-order valence-electron chi connectivity index (χ1n) is 6.73. The zero-order chi connectivity index (χ0) is 13.4. The van der Waals surface area contributed by atoms with Gasteiger partial charge in [-0.25, -0.2) is 4.79 Å². The Bertz CT molecular complexity index is 411. The van der Waals surface area contributed by atoms with Crippen LogP contribution in [0.15, 0.2) is 16.6 Å². The minimum absolute atomic E-state index is 0.0106. The maximum atomic E-state index is 11.9.